The number of sulfonamides is 1. The van der Waals surface area contributed by atoms with Crippen LogP contribution in [-0.4, -0.2) is 37.3 Å². The number of likely N-dealkylation sites (N-methyl/N-ethyl adjacent to an activating group) is 1. The number of amides is 1. The maximum absolute atomic E-state index is 12.7. The smallest absolute Gasteiger partial charge is 0.273 e. The van der Waals surface area contributed by atoms with Crippen LogP contribution >= 0.6 is 0 Å². The molecule has 3 rings (SSSR count). The van der Waals surface area contributed by atoms with Crippen LogP contribution in [-0.2, 0) is 14.8 Å². The number of H-pyrrole nitrogens is 1. The highest BCUT2D eigenvalue weighted by Crippen LogP contribution is 2.22. The Balaban J connectivity index is 1.73. The van der Waals surface area contributed by atoms with Crippen LogP contribution in [0.4, 0.5) is 0 Å². The molecule has 0 saturated heterocycles. The number of fused-ring (bicyclic) bond motifs is 1. The van der Waals surface area contributed by atoms with E-state index in [2.05, 4.69) is 4.98 Å². The first-order valence-electron chi connectivity index (χ1n) is 8.08. The molecule has 2 aromatic carbocycles. The third-order valence-corrected chi connectivity index (χ3v) is 6.15. The highest BCUT2D eigenvalue weighted by molar-refractivity contribution is 7.89. The molecule has 3 aromatic rings. The normalized spacial score (nSPS) is 11.5. The number of carbonyl (C=O) groups excluding carboxylic acids is 1. The van der Waals surface area contributed by atoms with E-state index in [-0.39, 0.29) is 11.5 Å². The Morgan fingerprint density at radius 1 is 1.12 bits per heavy atom. The van der Waals surface area contributed by atoms with Crippen molar-refractivity contribution in [2.24, 2.45) is 0 Å². The number of rotatable bonds is 5. The van der Waals surface area contributed by atoms with E-state index >= 15 is 0 Å². The number of nitrogens with one attached hydrogen (secondary N) is 1. The van der Waals surface area contributed by atoms with Crippen LogP contribution in [0.25, 0.3) is 10.9 Å². The van der Waals surface area contributed by atoms with Gasteiger partial charge in [-0.3, -0.25) is 4.79 Å². The van der Waals surface area contributed by atoms with Crippen molar-refractivity contribution < 1.29 is 17.9 Å². The first-order chi connectivity index (χ1) is 12.3. The molecule has 0 bridgehead atoms. The van der Waals surface area contributed by atoms with E-state index in [1.54, 1.807) is 31.2 Å². The zero-order chi connectivity index (χ0) is 18.9. The molecule has 26 heavy (non-hydrogen) atoms. The molecule has 7 heteroatoms. The fourth-order valence-corrected chi connectivity index (χ4v) is 4.05. The summed E-state index contributed by atoms with van der Waals surface area (Å²) >= 11 is 0. The van der Waals surface area contributed by atoms with Crippen LogP contribution in [0.15, 0.2) is 53.6 Å². The number of carbonyl (C=O) groups is 1. The van der Waals surface area contributed by atoms with Gasteiger partial charge in [-0.05, 0) is 49.7 Å². The van der Waals surface area contributed by atoms with Crippen LogP contribution < -0.4 is 4.74 Å². The summed E-state index contributed by atoms with van der Waals surface area (Å²) in [7, 11) is -2.67. The van der Waals surface area contributed by atoms with Gasteiger partial charge in [0.1, 0.15) is 5.75 Å². The second-order valence-corrected chi connectivity index (χ2v) is 8.09. The van der Waals surface area contributed by atoms with E-state index in [4.69, 9.17) is 4.74 Å². The van der Waals surface area contributed by atoms with Gasteiger partial charge in [-0.15, -0.1) is 0 Å². The monoisotopic (exact) mass is 372 g/mol. The lowest BCUT2D eigenvalue weighted by Crippen LogP contribution is -2.36. The predicted molar refractivity (Wildman–Crippen MR) is 99.7 cm³/mol. The summed E-state index contributed by atoms with van der Waals surface area (Å²) < 4.78 is 31.6. The van der Waals surface area contributed by atoms with Gasteiger partial charge in [0.2, 0.25) is 0 Å². The lowest BCUT2D eigenvalue weighted by atomic mass is 10.2. The summed E-state index contributed by atoms with van der Waals surface area (Å²) in [5.74, 6) is -0.137. The quantitative estimate of drug-likeness (QED) is 0.747. The van der Waals surface area contributed by atoms with Gasteiger partial charge in [-0.1, -0.05) is 17.7 Å². The largest absolute Gasteiger partial charge is 0.484 e. The minimum atomic E-state index is -3.92. The Morgan fingerprint density at radius 2 is 1.88 bits per heavy atom. The Hall–Kier alpha value is -2.80. The zero-order valence-corrected chi connectivity index (χ0v) is 15.6. The number of ether oxygens (including phenoxy) is 1. The molecule has 1 amide bonds. The molecule has 0 atom stereocenters. The number of nitrogens with zero attached hydrogens (tertiary/aromatic N) is 1. The Kier molecular flexibility index (Phi) is 4.73. The number of hydrogen-bond acceptors (Lipinski definition) is 4. The number of aromatic amines is 1. The molecule has 0 aliphatic rings. The summed E-state index contributed by atoms with van der Waals surface area (Å²) in [6.07, 6.45) is 1.81. The van der Waals surface area contributed by atoms with Gasteiger partial charge in [0.05, 0.1) is 4.90 Å². The van der Waals surface area contributed by atoms with E-state index < -0.39 is 15.9 Å². The first-order valence-corrected chi connectivity index (χ1v) is 9.52. The topological polar surface area (TPSA) is 79.5 Å². The highest BCUT2D eigenvalue weighted by Gasteiger charge is 2.27. The first kappa shape index (κ1) is 18.0. The summed E-state index contributed by atoms with van der Waals surface area (Å²) in [5.41, 5.74) is 2.51. The number of aryl methyl sites for hydroxylation is 2. The molecular weight excluding hydrogens is 352 g/mol. The maximum Gasteiger partial charge on any atom is 0.273 e. The van der Waals surface area contributed by atoms with Gasteiger partial charge in [-0.2, -0.15) is 0 Å². The van der Waals surface area contributed by atoms with E-state index in [0.717, 1.165) is 20.8 Å². The summed E-state index contributed by atoms with van der Waals surface area (Å²) in [6.45, 7) is 3.23. The van der Waals surface area contributed by atoms with Crippen molar-refractivity contribution in [2.45, 2.75) is 18.7 Å². The number of aromatic nitrogens is 1. The minimum absolute atomic E-state index is 0.118. The summed E-state index contributed by atoms with van der Waals surface area (Å²) in [5, 5.41) is 0.950. The lowest BCUT2D eigenvalue weighted by molar-refractivity contribution is -0.127. The Morgan fingerprint density at radius 3 is 2.62 bits per heavy atom. The SMILES string of the molecule is Cc1ccc(S(=O)(=O)N(C)C(=O)COc2ccc3[nH]ccc3c2)c(C)c1. The molecule has 0 aliphatic heterocycles. The second kappa shape index (κ2) is 6.84. The molecule has 0 fully saturated rings. The minimum Gasteiger partial charge on any atom is -0.484 e. The van der Waals surface area contributed by atoms with Crippen molar-refractivity contribution in [3.8, 4) is 5.75 Å². The molecular formula is C19H20N2O4S. The standard InChI is InChI=1S/C19H20N2O4S/c1-13-4-7-18(14(2)10-13)26(23,24)21(3)19(22)12-25-16-5-6-17-15(11-16)8-9-20-17/h4-11,20H,12H2,1-3H3. The molecule has 0 aliphatic carbocycles. The van der Waals surface area contributed by atoms with E-state index in [1.807, 2.05) is 25.3 Å². The van der Waals surface area contributed by atoms with Gasteiger partial charge < -0.3 is 9.72 Å². The van der Waals surface area contributed by atoms with Crippen LogP contribution in [0, 0.1) is 13.8 Å². The molecule has 6 nitrogen and oxygen atoms in total. The lowest BCUT2D eigenvalue weighted by Gasteiger charge is -2.19. The van der Waals surface area contributed by atoms with Gasteiger partial charge >= 0.3 is 0 Å². The van der Waals surface area contributed by atoms with Crippen molar-refractivity contribution in [3.05, 3.63) is 59.8 Å². The Labute approximate surface area is 152 Å². The van der Waals surface area contributed by atoms with Crippen molar-refractivity contribution in [1.29, 1.82) is 0 Å². The maximum atomic E-state index is 12.7. The molecule has 136 valence electrons. The van der Waals surface area contributed by atoms with Gasteiger partial charge in [0.25, 0.3) is 15.9 Å². The zero-order valence-electron chi connectivity index (χ0n) is 14.8. The van der Waals surface area contributed by atoms with Crippen LogP contribution in [0.1, 0.15) is 11.1 Å². The van der Waals surface area contributed by atoms with Crippen molar-refractivity contribution in [2.75, 3.05) is 13.7 Å². The predicted octanol–water partition coefficient (Wildman–Crippen LogP) is 3.01. The number of benzene rings is 2. The van der Waals surface area contributed by atoms with Gasteiger partial charge in [-0.25, -0.2) is 12.7 Å². The molecule has 1 heterocycles. The highest BCUT2D eigenvalue weighted by atomic mass is 32.2. The molecule has 0 radical (unpaired) electrons. The average Bonchev–Trinajstić information content (AvgIpc) is 3.06. The summed E-state index contributed by atoms with van der Waals surface area (Å²) in [4.78, 5) is 15.5. The van der Waals surface area contributed by atoms with E-state index in [1.165, 1.54) is 13.1 Å². The molecule has 0 unspecified atom stereocenters. The molecule has 0 saturated carbocycles. The number of hydrogen-bond donors (Lipinski definition) is 1. The second-order valence-electron chi connectivity index (χ2n) is 6.15. The third-order valence-electron chi connectivity index (χ3n) is 4.21. The molecule has 1 N–H and O–H groups in total. The van der Waals surface area contributed by atoms with E-state index in [9.17, 15) is 13.2 Å². The molecule has 0 spiro atoms. The fourth-order valence-electron chi connectivity index (χ4n) is 2.73. The van der Waals surface area contributed by atoms with E-state index in [0.29, 0.717) is 11.3 Å². The average molecular weight is 372 g/mol. The van der Waals surface area contributed by atoms with Crippen LogP contribution in [0.2, 0.25) is 0 Å². The van der Waals surface area contributed by atoms with Crippen molar-refractivity contribution >= 4 is 26.8 Å². The van der Waals surface area contributed by atoms with Gasteiger partial charge in [0.15, 0.2) is 6.61 Å². The summed E-state index contributed by atoms with van der Waals surface area (Å²) in [6, 6.07) is 12.2. The third kappa shape index (κ3) is 3.43. The van der Waals surface area contributed by atoms with Crippen molar-refractivity contribution in [3.63, 3.8) is 0 Å². The van der Waals surface area contributed by atoms with Crippen molar-refractivity contribution in [1.82, 2.24) is 9.29 Å². The Bertz CT molecular complexity index is 1070. The van der Waals surface area contributed by atoms with Crippen LogP contribution in [0.5, 0.6) is 5.75 Å². The fraction of sp³-hybridized carbons (Fsp3) is 0.211. The van der Waals surface area contributed by atoms with Crippen LogP contribution in [0.3, 0.4) is 0 Å². The molecule has 1 aromatic heterocycles. The van der Waals surface area contributed by atoms with Gasteiger partial charge in [0, 0.05) is 24.1 Å².